The maximum atomic E-state index is 14.1. The van der Waals surface area contributed by atoms with Gasteiger partial charge in [-0.25, -0.2) is 4.98 Å². The maximum Gasteiger partial charge on any atom is 0.227 e. The molecule has 0 radical (unpaired) electrons. The molecular weight excluding hydrogens is 492 g/mol. The predicted molar refractivity (Wildman–Crippen MR) is 150 cm³/mol. The Morgan fingerprint density at radius 3 is 2.38 bits per heavy atom. The van der Waals surface area contributed by atoms with Crippen LogP contribution in [-0.4, -0.2) is 53.1 Å². The summed E-state index contributed by atoms with van der Waals surface area (Å²) in [6.45, 7) is 5.72. The molecule has 1 fully saturated rings. The molecule has 1 aliphatic rings. The van der Waals surface area contributed by atoms with Crippen molar-refractivity contribution in [1.82, 2.24) is 14.5 Å². The first-order valence-corrected chi connectivity index (χ1v) is 13.6. The van der Waals surface area contributed by atoms with E-state index in [1.54, 1.807) is 13.4 Å². The third-order valence-electron chi connectivity index (χ3n) is 7.69. The van der Waals surface area contributed by atoms with Crippen molar-refractivity contribution in [3.63, 3.8) is 0 Å². The number of methoxy groups -OCH3 is 1. The molecule has 4 rings (SSSR count). The molecule has 0 spiro atoms. The molecule has 2 aromatic carbocycles. The molecule has 1 unspecified atom stereocenters. The van der Waals surface area contributed by atoms with E-state index in [1.165, 1.54) is 0 Å². The van der Waals surface area contributed by atoms with Gasteiger partial charge in [0.1, 0.15) is 11.4 Å². The number of imidazole rings is 1. The summed E-state index contributed by atoms with van der Waals surface area (Å²) in [5.41, 5.74) is 9.31. The summed E-state index contributed by atoms with van der Waals surface area (Å²) in [6, 6.07) is 15.8. The van der Waals surface area contributed by atoms with Gasteiger partial charge in [0.25, 0.3) is 0 Å². The molecule has 1 saturated heterocycles. The third-order valence-corrected chi connectivity index (χ3v) is 7.69. The smallest absolute Gasteiger partial charge is 0.227 e. The Balaban J connectivity index is 1.61. The Labute approximate surface area is 231 Å². The van der Waals surface area contributed by atoms with E-state index in [0.29, 0.717) is 32.5 Å². The molecule has 39 heavy (non-hydrogen) atoms. The molecule has 208 valence electrons. The molecule has 0 saturated carbocycles. The van der Waals surface area contributed by atoms with Gasteiger partial charge < -0.3 is 24.7 Å². The highest BCUT2D eigenvalue weighted by atomic mass is 16.5. The Morgan fingerprint density at radius 2 is 1.79 bits per heavy atom. The first-order chi connectivity index (χ1) is 18.8. The molecule has 2 atom stereocenters. The van der Waals surface area contributed by atoms with Crippen molar-refractivity contribution in [3.05, 3.63) is 83.4 Å². The maximum absolute atomic E-state index is 14.1. The molecule has 8 nitrogen and oxygen atoms in total. The van der Waals surface area contributed by atoms with Crippen LogP contribution in [0.1, 0.15) is 42.1 Å². The van der Waals surface area contributed by atoms with E-state index >= 15 is 0 Å². The molecule has 2 N–H and O–H groups in total. The van der Waals surface area contributed by atoms with E-state index in [4.69, 9.17) is 15.2 Å². The topological polar surface area (TPSA) is 99.7 Å². The molecule has 0 aliphatic carbocycles. The molecule has 2 amide bonds. The monoisotopic (exact) mass is 532 g/mol. The van der Waals surface area contributed by atoms with Crippen molar-refractivity contribution in [3.8, 4) is 5.75 Å². The summed E-state index contributed by atoms with van der Waals surface area (Å²) >= 11 is 0. The van der Waals surface area contributed by atoms with Crippen LogP contribution in [0, 0.1) is 18.8 Å². The second-order valence-electron chi connectivity index (χ2n) is 10.6. The number of ether oxygens (including phenoxy) is 2. The summed E-state index contributed by atoms with van der Waals surface area (Å²) < 4.78 is 13.6. The second kappa shape index (κ2) is 12.5. The van der Waals surface area contributed by atoms with E-state index in [9.17, 15) is 9.59 Å². The van der Waals surface area contributed by atoms with Crippen molar-refractivity contribution in [2.45, 2.75) is 45.1 Å². The minimum atomic E-state index is -0.705. The molecule has 2 heterocycles. The van der Waals surface area contributed by atoms with Crippen LogP contribution in [0.15, 0.2) is 61.1 Å². The van der Waals surface area contributed by atoms with Gasteiger partial charge in [-0.05, 0) is 48.6 Å². The Kier molecular flexibility index (Phi) is 9.07. The number of rotatable bonds is 13. The number of likely N-dealkylation sites (tertiary alicyclic amines) is 1. The zero-order chi connectivity index (χ0) is 28.0. The fourth-order valence-electron chi connectivity index (χ4n) is 5.45. The van der Waals surface area contributed by atoms with Gasteiger partial charge in [-0.1, -0.05) is 49.7 Å². The number of carbonyl (C=O) groups excluding carboxylic acids is 2. The number of carbonyl (C=O) groups is 2. The van der Waals surface area contributed by atoms with Crippen LogP contribution < -0.4 is 10.5 Å². The number of nitrogens with two attached hydrogens (primary N) is 1. The Hall–Kier alpha value is -3.65. The van der Waals surface area contributed by atoms with E-state index in [1.807, 2.05) is 59.1 Å². The lowest BCUT2D eigenvalue weighted by Gasteiger charge is -2.51. The van der Waals surface area contributed by atoms with E-state index in [2.05, 4.69) is 31.0 Å². The van der Waals surface area contributed by atoms with Gasteiger partial charge in [0, 0.05) is 26.3 Å². The van der Waals surface area contributed by atoms with Gasteiger partial charge in [-0.2, -0.15) is 0 Å². The molecule has 1 aliphatic heterocycles. The lowest BCUT2D eigenvalue weighted by Crippen LogP contribution is -2.64. The normalized spacial score (nSPS) is 15.8. The number of amides is 2. The SMILES string of the molecule is CCCCOC1(c2ccccc2C)CN(C(=O)[C@H](Cc2ccc(OC)cc2)C(Cc2cn(C)cn2)C(N)=O)C1. The van der Waals surface area contributed by atoms with Crippen LogP contribution in [0.25, 0.3) is 0 Å². The number of hydrogen-bond donors (Lipinski definition) is 1. The average Bonchev–Trinajstić information content (AvgIpc) is 3.32. The first-order valence-electron chi connectivity index (χ1n) is 13.6. The number of aromatic nitrogens is 2. The van der Waals surface area contributed by atoms with Gasteiger partial charge in [-0.15, -0.1) is 0 Å². The zero-order valence-corrected chi connectivity index (χ0v) is 23.4. The number of nitrogens with zero attached hydrogens (tertiary/aromatic N) is 3. The fraction of sp³-hybridized carbons (Fsp3) is 0.452. The number of hydrogen-bond acceptors (Lipinski definition) is 5. The lowest BCUT2D eigenvalue weighted by atomic mass is 9.78. The number of aryl methyl sites for hydroxylation is 2. The van der Waals surface area contributed by atoms with Gasteiger partial charge >= 0.3 is 0 Å². The van der Waals surface area contributed by atoms with Crippen molar-refractivity contribution in [2.24, 2.45) is 24.6 Å². The lowest BCUT2D eigenvalue weighted by molar-refractivity contribution is -0.178. The minimum Gasteiger partial charge on any atom is -0.497 e. The largest absolute Gasteiger partial charge is 0.497 e. The Morgan fingerprint density at radius 1 is 1.08 bits per heavy atom. The highest BCUT2D eigenvalue weighted by Gasteiger charge is 2.50. The molecular formula is C31H40N4O4. The molecule has 3 aromatic rings. The Bertz CT molecular complexity index is 1260. The van der Waals surface area contributed by atoms with Crippen molar-refractivity contribution >= 4 is 11.8 Å². The van der Waals surface area contributed by atoms with Crippen molar-refractivity contribution in [2.75, 3.05) is 26.8 Å². The van der Waals surface area contributed by atoms with E-state index in [-0.39, 0.29) is 5.91 Å². The predicted octanol–water partition coefficient (Wildman–Crippen LogP) is 3.79. The van der Waals surface area contributed by atoms with Crippen molar-refractivity contribution in [1.29, 1.82) is 0 Å². The summed E-state index contributed by atoms with van der Waals surface area (Å²) in [4.78, 5) is 33.2. The van der Waals surface area contributed by atoms with Gasteiger partial charge in [-0.3, -0.25) is 9.59 Å². The van der Waals surface area contributed by atoms with Gasteiger partial charge in [0.15, 0.2) is 0 Å². The quantitative estimate of drug-likeness (QED) is 0.338. The third kappa shape index (κ3) is 6.50. The minimum absolute atomic E-state index is 0.0890. The second-order valence-corrected chi connectivity index (χ2v) is 10.6. The summed E-state index contributed by atoms with van der Waals surface area (Å²) in [5, 5.41) is 0. The van der Waals surface area contributed by atoms with Crippen molar-refractivity contribution < 1.29 is 19.1 Å². The fourth-order valence-corrected chi connectivity index (χ4v) is 5.45. The number of unbranched alkanes of at least 4 members (excludes halogenated alkanes) is 1. The van der Waals surface area contributed by atoms with Crippen LogP contribution in [0.5, 0.6) is 5.75 Å². The average molecular weight is 533 g/mol. The molecule has 8 heteroatoms. The number of primary amides is 1. The van der Waals surface area contributed by atoms with Crippen LogP contribution in [-0.2, 0) is 39.8 Å². The van der Waals surface area contributed by atoms with Gasteiger partial charge in [0.05, 0.1) is 44.1 Å². The van der Waals surface area contributed by atoms with Crippen LogP contribution in [0.3, 0.4) is 0 Å². The first kappa shape index (κ1) is 28.4. The van der Waals surface area contributed by atoms with Crippen LogP contribution in [0.2, 0.25) is 0 Å². The number of benzene rings is 2. The summed E-state index contributed by atoms with van der Waals surface area (Å²) in [6.07, 6.45) is 6.21. The highest BCUT2D eigenvalue weighted by Crippen LogP contribution is 2.40. The van der Waals surface area contributed by atoms with Gasteiger partial charge in [0.2, 0.25) is 11.8 Å². The molecule has 0 bridgehead atoms. The summed E-state index contributed by atoms with van der Waals surface area (Å²) in [5.74, 6) is -1.20. The standard InChI is InChI=1S/C31H40N4O4/c1-5-6-15-39-31(28-10-8-7-9-22(28)2)19-35(20-31)30(37)27(16-23-11-13-25(38-4)14-12-23)26(29(32)36)17-24-18-34(3)21-33-24/h7-14,18,21,26-27H,5-6,15-17,19-20H2,1-4H3,(H2,32,36)/t26?,27-/m1/s1. The zero-order valence-electron chi connectivity index (χ0n) is 23.4. The summed E-state index contributed by atoms with van der Waals surface area (Å²) in [7, 11) is 3.49. The van der Waals surface area contributed by atoms with E-state index < -0.39 is 23.3 Å². The molecule has 1 aromatic heterocycles. The van der Waals surface area contributed by atoms with E-state index in [0.717, 1.165) is 41.0 Å². The van der Waals surface area contributed by atoms with Crippen LogP contribution in [0.4, 0.5) is 0 Å². The van der Waals surface area contributed by atoms with Crippen LogP contribution >= 0.6 is 0 Å². The highest BCUT2D eigenvalue weighted by molar-refractivity contribution is 5.88.